The van der Waals surface area contributed by atoms with Gasteiger partial charge in [-0.3, -0.25) is 14.3 Å². The molecule has 0 aliphatic carbocycles. The zero-order valence-electron chi connectivity index (χ0n) is 16.0. The quantitative estimate of drug-likeness (QED) is 0.603. The molecule has 8 heteroatoms. The van der Waals surface area contributed by atoms with Crippen LogP contribution in [-0.2, 0) is 21.2 Å². The van der Waals surface area contributed by atoms with Crippen LogP contribution in [0.1, 0.15) is 32.8 Å². The topological polar surface area (TPSA) is 95.9 Å². The van der Waals surface area contributed by atoms with Crippen LogP contribution < -0.4 is 14.5 Å². The second-order valence-electron chi connectivity index (χ2n) is 7.65. The van der Waals surface area contributed by atoms with Gasteiger partial charge >= 0.3 is 0 Å². The molecule has 1 unspecified atom stereocenters. The number of amides is 1. The van der Waals surface area contributed by atoms with E-state index in [0.29, 0.717) is 17.9 Å². The smallest absolute Gasteiger partial charge is 0.267 e. The molecule has 28 heavy (non-hydrogen) atoms. The molecule has 2 aromatic carbocycles. The summed E-state index contributed by atoms with van der Waals surface area (Å²) in [5.74, 6) is -0.207. The van der Waals surface area contributed by atoms with Crippen molar-refractivity contribution in [3.05, 3.63) is 54.1 Å². The maximum absolute atomic E-state index is 13.4. The van der Waals surface area contributed by atoms with Crippen LogP contribution in [0.4, 0.5) is 5.69 Å². The fourth-order valence-electron chi connectivity index (χ4n) is 3.27. The molecule has 0 fully saturated rings. The van der Waals surface area contributed by atoms with Crippen molar-refractivity contribution in [3.63, 3.8) is 0 Å². The molecule has 3 rings (SSSR count). The Hall–Kier alpha value is -2.58. The number of sulfonamides is 1. The van der Waals surface area contributed by atoms with Crippen molar-refractivity contribution in [2.45, 2.75) is 50.2 Å². The lowest BCUT2D eigenvalue weighted by Crippen LogP contribution is -2.51. The summed E-state index contributed by atoms with van der Waals surface area (Å²) in [6, 6.07) is 12.1. The van der Waals surface area contributed by atoms with Crippen molar-refractivity contribution >= 4 is 21.6 Å². The van der Waals surface area contributed by atoms with Crippen LogP contribution in [0, 0.1) is 0 Å². The number of para-hydroxylation sites is 1. The van der Waals surface area contributed by atoms with E-state index in [0.717, 1.165) is 9.87 Å². The molecular formula is C20H24N2O5S. The minimum absolute atomic E-state index is 0.0428. The van der Waals surface area contributed by atoms with Gasteiger partial charge in [0.2, 0.25) is 0 Å². The summed E-state index contributed by atoms with van der Waals surface area (Å²) in [5, 5.41) is 9.10. The first kappa shape index (κ1) is 20.2. The lowest BCUT2D eigenvalue weighted by atomic mass is 9.98. The van der Waals surface area contributed by atoms with Gasteiger partial charge in [-0.1, -0.05) is 18.2 Å². The molecule has 7 nitrogen and oxygen atoms in total. The van der Waals surface area contributed by atoms with Crippen molar-refractivity contribution in [1.29, 1.82) is 0 Å². The Morgan fingerprint density at radius 1 is 1.14 bits per heavy atom. The Morgan fingerprint density at radius 2 is 1.79 bits per heavy atom. The molecule has 150 valence electrons. The van der Waals surface area contributed by atoms with Crippen LogP contribution in [0.15, 0.2) is 53.4 Å². The molecule has 2 aromatic rings. The third-order valence-corrected chi connectivity index (χ3v) is 6.25. The predicted molar refractivity (Wildman–Crippen MR) is 105 cm³/mol. The lowest BCUT2D eigenvalue weighted by molar-refractivity contribution is -0.130. The fraction of sp³-hybridized carbons (Fsp3) is 0.350. The molecule has 1 heterocycles. The zero-order chi connectivity index (χ0) is 20.5. The van der Waals surface area contributed by atoms with Crippen LogP contribution in [-0.4, -0.2) is 31.2 Å². The van der Waals surface area contributed by atoms with E-state index in [1.165, 1.54) is 12.1 Å². The number of fused-ring (bicyclic) bond motifs is 1. The highest BCUT2D eigenvalue weighted by molar-refractivity contribution is 7.93. The first-order chi connectivity index (χ1) is 13.1. The number of hydrogen-bond donors (Lipinski definition) is 2. The van der Waals surface area contributed by atoms with Crippen LogP contribution in [0.25, 0.3) is 0 Å². The van der Waals surface area contributed by atoms with E-state index in [2.05, 4.69) is 0 Å². The molecule has 1 aliphatic rings. The molecule has 0 saturated carbocycles. The highest BCUT2D eigenvalue weighted by atomic mass is 32.2. The second kappa shape index (κ2) is 7.44. The Labute approximate surface area is 164 Å². The largest absolute Gasteiger partial charge is 0.488 e. The van der Waals surface area contributed by atoms with Gasteiger partial charge in [0, 0.05) is 0 Å². The van der Waals surface area contributed by atoms with Crippen molar-refractivity contribution in [3.8, 4) is 5.75 Å². The molecule has 0 aromatic heterocycles. The fourth-order valence-corrected chi connectivity index (χ4v) is 4.95. The van der Waals surface area contributed by atoms with E-state index in [-0.39, 0.29) is 11.3 Å². The summed E-state index contributed by atoms with van der Waals surface area (Å²) >= 11 is 0. The van der Waals surface area contributed by atoms with E-state index in [9.17, 15) is 13.2 Å². The van der Waals surface area contributed by atoms with Crippen molar-refractivity contribution in [2.24, 2.45) is 0 Å². The zero-order valence-corrected chi connectivity index (χ0v) is 16.9. The third kappa shape index (κ3) is 3.98. The molecule has 0 radical (unpaired) electrons. The average Bonchev–Trinajstić information content (AvgIpc) is 2.65. The Morgan fingerprint density at radius 3 is 2.39 bits per heavy atom. The van der Waals surface area contributed by atoms with Gasteiger partial charge in [0.15, 0.2) is 0 Å². The number of hydrogen-bond acceptors (Lipinski definition) is 5. The van der Waals surface area contributed by atoms with Gasteiger partial charge in [-0.25, -0.2) is 13.9 Å². The number of benzene rings is 2. The van der Waals surface area contributed by atoms with E-state index in [4.69, 9.17) is 9.94 Å². The lowest BCUT2D eigenvalue weighted by Gasteiger charge is -2.36. The summed E-state index contributed by atoms with van der Waals surface area (Å²) < 4.78 is 33.6. The van der Waals surface area contributed by atoms with Crippen LogP contribution in [0.5, 0.6) is 5.75 Å². The predicted octanol–water partition coefficient (Wildman–Crippen LogP) is 2.88. The van der Waals surface area contributed by atoms with Gasteiger partial charge in [-0.05, 0) is 69.5 Å². The van der Waals surface area contributed by atoms with E-state index in [1.807, 2.05) is 32.9 Å². The van der Waals surface area contributed by atoms with E-state index in [1.54, 1.807) is 29.7 Å². The Balaban J connectivity index is 2.03. The molecule has 1 aliphatic heterocycles. The van der Waals surface area contributed by atoms with Gasteiger partial charge < -0.3 is 4.74 Å². The van der Waals surface area contributed by atoms with E-state index < -0.39 is 27.6 Å². The number of carbonyl (C=O) groups is 1. The standard InChI is InChI=1S/C20H24N2O5S/c1-20(2,3)27-15-9-11-16(12-10-15)28(25,26)22-17-7-5-4-6-14(17)8-13-18(22)19(23)21-24/h4-7,9-12,18,24H,8,13H2,1-3H3,(H,21,23). The number of nitrogens with zero attached hydrogens (tertiary/aromatic N) is 1. The minimum Gasteiger partial charge on any atom is -0.488 e. The van der Waals surface area contributed by atoms with Crippen molar-refractivity contribution < 1.29 is 23.2 Å². The first-order valence-corrected chi connectivity index (χ1v) is 10.4. The highest BCUT2D eigenvalue weighted by Gasteiger charge is 2.39. The molecule has 0 spiro atoms. The number of nitrogens with one attached hydrogen (secondary N) is 1. The number of carbonyl (C=O) groups excluding carboxylic acids is 1. The average molecular weight is 404 g/mol. The van der Waals surface area contributed by atoms with Gasteiger partial charge in [-0.15, -0.1) is 0 Å². The van der Waals surface area contributed by atoms with Crippen LogP contribution in [0.3, 0.4) is 0 Å². The first-order valence-electron chi connectivity index (χ1n) is 8.99. The molecule has 0 bridgehead atoms. The Kier molecular flexibility index (Phi) is 5.36. The molecule has 1 amide bonds. The third-order valence-electron chi connectivity index (χ3n) is 4.42. The normalized spacial score (nSPS) is 17.0. The summed E-state index contributed by atoms with van der Waals surface area (Å²) in [6.45, 7) is 5.71. The molecule has 1 atom stereocenters. The van der Waals surface area contributed by atoms with Gasteiger partial charge in [-0.2, -0.15) is 0 Å². The van der Waals surface area contributed by atoms with E-state index >= 15 is 0 Å². The van der Waals surface area contributed by atoms with Gasteiger partial charge in [0.1, 0.15) is 17.4 Å². The maximum Gasteiger partial charge on any atom is 0.267 e. The summed E-state index contributed by atoms with van der Waals surface area (Å²) in [6.07, 6.45) is 0.812. The molecule has 0 saturated heterocycles. The SMILES string of the molecule is CC(C)(C)Oc1ccc(S(=O)(=O)N2c3ccccc3CCC2C(=O)NO)cc1. The summed E-state index contributed by atoms with van der Waals surface area (Å²) in [7, 11) is -4.03. The Bertz CT molecular complexity index is 965. The van der Waals surface area contributed by atoms with Gasteiger partial charge in [0.05, 0.1) is 10.6 Å². The maximum atomic E-state index is 13.4. The summed E-state index contributed by atoms with van der Waals surface area (Å²) in [5.41, 5.74) is 2.46. The monoisotopic (exact) mass is 404 g/mol. The number of anilines is 1. The molecule has 2 N–H and O–H groups in total. The number of hydroxylamine groups is 1. The van der Waals surface area contributed by atoms with Crippen molar-refractivity contribution in [2.75, 3.05) is 4.31 Å². The number of ether oxygens (including phenoxy) is 1. The van der Waals surface area contributed by atoms with Crippen LogP contribution >= 0.6 is 0 Å². The number of aryl methyl sites for hydroxylation is 1. The minimum atomic E-state index is -4.03. The van der Waals surface area contributed by atoms with Crippen molar-refractivity contribution in [1.82, 2.24) is 5.48 Å². The van der Waals surface area contributed by atoms with Gasteiger partial charge in [0.25, 0.3) is 15.9 Å². The highest BCUT2D eigenvalue weighted by Crippen LogP contribution is 2.36. The number of rotatable bonds is 4. The second-order valence-corrected chi connectivity index (χ2v) is 9.46. The van der Waals surface area contributed by atoms with Crippen LogP contribution in [0.2, 0.25) is 0 Å². The molecular weight excluding hydrogens is 380 g/mol. The summed E-state index contributed by atoms with van der Waals surface area (Å²) in [4.78, 5) is 12.2.